The molecule has 2 aliphatic rings. The molecule has 144 valence electrons. The van der Waals surface area contributed by atoms with E-state index in [2.05, 4.69) is 17.3 Å². The molecule has 1 amide bonds. The lowest BCUT2D eigenvalue weighted by Gasteiger charge is -2.13. The summed E-state index contributed by atoms with van der Waals surface area (Å²) in [7, 11) is -3.00. The number of aromatic nitrogens is 2. The molecule has 1 unspecified atom stereocenters. The number of aryl methyl sites for hydroxylation is 2. The largest absolute Gasteiger partial charge is 0.320 e. The molecule has 0 radical (unpaired) electrons. The number of rotatable bonds is 5. The first-order chi connectivity index (χ1) is 12.9. The second-order valence-corrected chi connectivity index (χ2v) is 9.88. The van der Waals surface area contributed by atoms with Crippen LogP contribution in [-0.4, -0.2) is 35.6 Å². The van der Waals surface area contributed by atoms with Gasteiger partial charge in [-0.15, -0.1) is 0 Å². The van der Waals surface area contributed by atoms with E-state index in [1.807, 2.05) is 35.9 Å². The molecule has 1 aliphatic carbocycles. The Morgan fingerprint density at radius 2 is 2.07 bits per heavy atom. The Balaban J connectivity index is 1.63. The number of carbonyl (C=O) groups is 1. The number of hydrogen-bond donors (Lipinski definition) is 1. The fourth-order valence-electron chi connectivity index (χ4n) is 3.84. The molecule has 6 nitrogen and oxygen atoms in total. The Morgan fingerprint density at radius 1 is 1.30 bits per heavy atom. The van der Waals surface area contributed by atoms with E-state index in [1.165, 1.54) is 0 Å². The smallest absolute Gasteiger partial charge is 0.276 e. The quantitative estimate of drug-likeness (QED) is 0.854. The Labute approximate surface area is 159 Å². The number of amides is 1. The second-order valence-electron chi connectivity index (χ2n) is 7.65. The van der Waals surface area contributed by atoms with Crippen LogP contribution in [0.5, 0.6) is 0 Å². The van der Waals surface area contributed by atoms with Crippen molar-refractivity contribution in [3.8, 4) is 0 Å². The highest BCUT2D eigenvalue weighted by atomic mass is 32.2. The molecule has 7 heteroatoms. The van der Waals surface area contributed by atoms with Gasteiger partial charge in [-0.3, -0.25) is 9.48 Å². The maximum atomic E-state index is 12.9. The predicted molar refractivity (Wildman–Crippen MR) is 105 cm³/mol. The van der Waals surface area contributed by atoms with Gasteiger partial charge in [0.15, 0.2) is 15.5 Å². The number of carbonyl (C=O) groups excluding carboxylic acids is 1. The van der Waals surface area contributed by atoms with Gasteiger partial charge in [-0.1, -0.05) is 25.1 Å². The fraction of sp³-hybridized carbons (Fsp3) is 0.500. The van der Waals surface area contributed by atoms with Crippen molar-refractivity contribution in [3.63, 3.8) is 0 Å². The summed E-state index contributed by atoms with van der Waals surface area (Å²) in [5.41, 5.74) is 4.32. The lowest BCUT2D eigenvalue weighted by atomic mass is 10.1. The van der Waals surface area contributed by atoms with Gasteiger partial charge in [0, 0.05) is 17.3 Å². The summed E-state index contributed by atoms with van der Waals surface area (Å²) in [6.45, 7) is 4.04. The molecular weight excluding hydrogens is 362 g/mol. The van der Waals surface area contributed by atoms with Crippen molar-refractivity contribution in [2.75, 3.05) is 16.8 Å². The van der Waals surface area contributed by atoms with Gasteiger partial charge in [-0.25, -0.2) is 8.42 Å². The van der Waals surface area contributed by atoms with E-state index in [-0.39, 0.29) is 23.5 Å². The lowest BCUT2D eigenvalue weighted by Crippen LogP contribution is -2.18. The molecule has 27 heavy (non-hydrogen) atoms. The SMILES string of the molecule is CCc1cccc(C)c1NC(=O)c1cc(C2CC2)n(C2CCS(=O)(=O)C2)n1. The van der Waals surface area contributed by atoms with Crippen LogP contribution in [0, 0.1) is 6.92 Å². The van der Waals surface area contributed by atoms with Gasteiger partial charge in [0.2, 0.25) is 0 Å². The summed E-state index contributed by atoms with van der Waals surface area (Å²) < 4.78 is 25.6. The molecule has 2 fully saturated rings. The van der Waals surface area contributed by atoms with Crippen molar-refractivity contribution < 1.29 is 13.2 Å². The van der Waals surface area contributed by atoms with Crippen LogP contribution in [-0.2, 0) is 16.3 Å². The zero-order chi connectivity index (χ0) is 19.2. The normalized spacial score (nSPS) is 21.3. The van der Waals surface area contributed by atoms with Crippen molar-refractivity contribution in [2.45, 2.75) is 51.5 Å². The van der Waals surface area contributed by atoms with Crippen LogP contribution in [0.1, 0.15) is 65.5 Å². The zero-order valence-electron chi connectivity index (χ0n) is 15.7. The van der Waals surface area contributed by atoms with Crippen molar-refractivity contribution in [3.05, 3.63) is 46.8 Å². The third-order valence-corrected chi connectivity index (χ3v) is 7.28. The maximum Gasteiger partial charge on any atom is 0.276 e. The number of para-hydroxylation sites is 1. The molecule has 1 saturated heterocycles. The van der Waals surface area contributed by atoms with Crippen molar-refractivity contribution in [2.24, 2.45) is 0 Å². The van der Waals surface area contributed by atoms with E-state index in [9.17, 15) is 13.2 Å². The number of benzene rings is 1. The minimum atomic E-state index is -3.00. The topological polar surface area (TPSA) is 81.1 Å². The van der Waals surface area contributed by atoms with Crippen LogP contribution in [0.4, 0.5) is 5.69 Å². The predicted octanol–water partition coefficient (Wildman–Crippen LogP) is 3.24. The highest BCUT2D eigenvalue weighted by molar-refractivity contribution is 7.91. The zero-order valence-corrected chi connectivity index (χ0v) is 16.6. The minimum absolute atomic E-state index is 0.118. The maximum absolute atomic E-state index is 12.9. The van der Waals surface area contributed by atoms with E-state index < -0.39 is 9.84 Å². The van der Waals surface area contributed by atoms with Crippen LogP contribution >= 0.6 is 0 Å². The van der Waals surface area contributed by atoms with E-state index in [0.29, 0.717) is 18.0 Å². The van der Waals surface area contributed by atoms with E-state index in [1.54, 1.807) is 0 Å². The molecular formula is C20H25N3O3S. The Kier molecular flexibility index (Phi) is 4.58. The summed E-state index contributed by atoms with van der Waals surface area (Å²) in [4.78, 5) is 12.9. The van der Waals surface area contributed by atoms with Gasteiger partial charge < -0.3 is 5.32 Å². The van der Waals surface area contributed by atoms with Gasteiger partial charge in [-0.2, -0.15) is 5.10 Å². The Hall–Kier alpha value is -2.15. The average Bonchev–Trinajstić information content (AvgIpc) is 3.27. The van der Waals surface area contributed by atoms with E-state index in [0.717, 1.165) is 41.8 Å². The van der Waals surface area contributed by atoms with Gasteiger partial charge in [0.1, 0.15) is 0 Å². The van der Waals surface area contributed by atoms with E-state index in [4.69, 9.17) is 0 Å². The summed E-state index contributed by atoms with van der Waals surface area (Å²) in [6.07, 6.45) is 3.55. The molecule has 2 heterocycles. The number of hydrogen-bond acceptors (Lipinski definition) is 4. The Morgan fingerprint density at radius 3 is 2.70 bits per heavy atom. The van der Waals surface area contributed by atoms with Crippen molar-refractivity contribution >= 4 is 21.4 Å². The molecule has 1 atom stereocenters. The van der Waals surface area contributed by atoms with Gasteiger partial charge in [0.05, 0.1) is 17.5 Å². The molecule has 4 rings (SSSR count). The number of anilines is 1. The first-order valence-electron chi connectivity index (χ1n) is 9.57. The van der Waals surface area contributed by atoms with Crippen molar-refractivity contribution in [1.29, 1.82) is 0 Å². The highest BCUT2D eigenvalue weighted by Crippen LogP contribution is 2.42. The monoisotopic (exact) mass is 387 g/mol. The third-order valence-electron chi connectivity index (χ3n) is 5.53. The number of nitrogens with one attached hydrogen (secondary N) is 1. The third kappa shape index (κ3) is 3.65. The summed E-state index contributed by atoms with van der Waals surface area (Å²) in [5.74, 6) is 0.479. The fourth-order valence-corrected chi connectivity index (χ4v) is 5.54. The first kappa shape index (κ1) is 18.2. The summed E-state index contributed by atoms with van der Waals surface area (Å²) in [6, 6.07) is 7.68. The number of sulfone groups is 1. The van der Waals surface area contributed by atoms with Crippen LogP contribution in [0.25, 0.3) is 0 Å². The van der Waals surface area contributed by atoms with Gasteiger partial charge in [-0.05, 0) is 49.8 Å². The molecule has 0 bridgehead atoms. The van der Waals surface area contributed by atoms with Crippen molar-refractivity contribution in [1.82, 2.24) is 9.78 Å². The Bertz CT molecular complexity index is 990. The molecule has 0 spiro atoms. The molecule has 1 saturated carbocycles. The second kappa shape index (κ2) is 6.78. The number of nitrogens with zero attached hydrogens (tertiary/aromatic N) is 2. The summed E-state index contributed by atoms with van der Waals surface area (Å²) >= 11 is 0. The van der Waals surface area contributed by atoms with E-state index >= 15 is 0 Å². The van der Waals surface area contributed by atoms with Crippen LogP contribution in [0.15, 0.2) is 24.3 Å². The lowest BCUT2D eigenvalue weighted by molar-refractivity contribution is 0.102. The van der Waals surface area contributed by atoms with Gasteiger partial charge in [0.25, 0.3) is 5.91 Å². The standard InChI is InChI=1S/C20H25N3O3S/c1-3-14-6-4-5-13(2)19(14)21-20(24)17-11-18(15-7-8-15)23(22-17)16-9-10-27(25,26)12-16/h4-6,11,15-16H,3,7-10,12H2,1-2H3,(H,21,24). The summed E-state index contributed by atoms with van der Waals surface area (Å²) in [5, 5.41) is 7.56. The highest BCUT2D eigenvalue weighted by Gasteiger charge is 2.36. The van der Waals surface area contributed by atoms with Gasteiger partial charge >= 0.3 is 0 Å². The molecule has 1 aliphatic heterocycles. The molecule has 1 aromatic carbocycles. The molecule has 1 N–H and O–H groups in total. The van der Waals surface area contributed by atoms with Crippen LogP contribution < -0.4 is 5.32 Å². The first-order valence-corrected chi connectivity index (χ1v) is 11.4. The van der Waals surface area contributed by atoms with Crippen LogP contribution in [0.2, 0.25) is 0 Å². The average molecular weight is 388 g/mol. The molecule has 1 aromatic heterocycles. The minimum Gasteiger partial charge on any atom is -0.320 e. The van der Waals surface area contributed by atoms with Crippen LogP contribution in [0.3, 0.4) is 0 Å². The molecule has 2 aromatic rings.